The van der Waals surface area contributed by atoms with Crippen molar-refractivity contribution < 1.29 is 9.59 Å². The minimum absolute atomic E-state index is 0.0353. The van der Waals surface area contributed by atoms with E-state index in [2.05, 4.69) is 21.3 Å². The molecule has 0 aliphatic carbocycles. The Morgan fingerprint density at radius 3 is 1.55 bits per heavy atom. The minimum atomic E-state index is 0.0353. The van der Waals surface area contributed by atoms with Gasteiger partial charge in [0.05, 0.1) is 13.1 Å². The van der Waals surface area contributed by atoms with Gasteiger partial charge in [-0.15, -0.1) is 0 Å². The maximum atomic E-state index is 11.3. The van der Waals surface area contributed by atoms with Crippen LogP contribution in [0.1, 0.15) is 13.8 Å². The molecule has 0 saturated heterocycles. The SMILES string of the molecule is CCNCC(=O)NCCSSCCNC(=O)CNCC. The second-order valence-electron chi connectivity index (χ2n) is 3.90. The van der Waals surface area contributed by atoms with Gasteiger partial charge in [-0.05, 0) is 13.1 Å². The maximum Gasteiger partial charge on any atom is 0.233 e. The van der Waals surface area contributed by atoms with Crippen LogP contribution in [0.4, 0.5) is 0 Å². The molecule has 2 amide bonds. The van der Waals surface area contributed by atoms with Crippen molar-refractivity contribution in [2.75, 3.05) is 50.8 Å². The third-order valence-electron chi connectivity index (χ3n) is 2.17. The van der Waals surface area contributed by atoms with Gasteiger partial charge in [0.25, 0.3) is 0 Å². The summed E-state index contributed by atoms with van der Waals surface area (Å²) in [5.74, 6) is 1.81. The molecule has 0 spiro atoms. The van der Waals surface area contributed by atoms with E-state index in [1.54, 1.807) is 21.6 Å². The summed E-state index contributed by atoms with van der Waals surface area (Å²) >= 11 is 0. The molecule has 0 heterocycles. The van der Waals surface area contributed by atoms with Crippen molar-refractivity contribution >= 4 is 33.4 Å². The van der Waals surface area contributed by atoms with E-state index in [1.807, 2.05) is 13.8 Å². The lowest BCUT2D eigenvalue weighted by Gasteiger charge is -2.06. The fraction of sp³-hybridized carbons (Fsp3) is 0.833. The molecule has 0 aliphatic heterocycles. The van der Waals surface area contributed by atoms with Crippen molar-refractivity contribution in [2.24, 2.45) is 0 Å². The predicted octanol–water partition coefficient (Wildman–Crippen LogP) is -0.181. The lowest BCUT2D eigenvalue weighted by atomic mass is 10.5. The smallest absolute Gasteiger partial charge is 0.233 e. The van der Waals surface area contributed by atoms with E-state index < -0.39 is 0 Å². The molecule has 0 aromatic heterocycles. The molecule has 20 heavy (non-hydrogen) atoms. The van der Waals surface area contributed by atoms with Gasteiger partial charge in [-0.1, -0.05) is 35.4 Å². The fourth-order valence-corrected chi connectivity index (χ4v) is 3.00. The van der Waals surface area contributed by atoms with Gasteiger partial charge in [-0.2, -0.15) is 0 Å². The molecule has 4 N–H and O–H groups in total. The molecular formula is C12H26N4O2S2. The maximum absolute atomic E-state index is 11.3. The lowest BCUT2D eigenvalue weighted by Crippen LogP contribution is -2.35. The number of carbonyl (C=O) groups excluding carboxylic acids is 2. The summed E-state index contributed by atoms with van der Waals surface area (Å²) in [5, 5.41) is 11.6. The van der Waals surface area contributed by atoms with Crippen molar-refractivity contribution in [1.29, 1.82) is 0 Å². The number of hydrogen-bond acceptors (Lipinski definition) is 6. The summed E-state index contributed by atoms with van der Waals surface area (Å²) in [7, 11) is 3.41. The second kappa shape index (κ2) is 15.0. The molecule has 0 fully saturated rings. The van der Waals surface area contributed by atoms with E-state index in [-0.39, 0.29) is 11.8 Å². The number of amides is 2. The van der Waals surface area contributed by atoms with Crippen LogP contribution in [0, 0.1) is 0 Å². The van der Waals surface area contributed by atoms with Crippen molar-refractivity contribution in [3.8, 4) is 0 Å². The third-order valence-corrected chi connectivity index (χ3v) is 4.58. The molecule has 0 radical (unpaired) electrons. The second-order valence-corrected chi connectivity index (χ2v) is 6.61. The van der Waals surface area contributed by atoms with Crippen LogP contribution in [0.25, 0.3) is 0 Å². The van der Waals surface area contributed by atoms with Crippen molar-refractivity contribution in [2.45, 2.75) is 13.8 Å². The molecule has 0 saturated carbocycles. The summed E-state index contributed by atoms with van der Waals surface area (Å²) in [6.07, 6.45) is 0. The van der Waals surface area contributed by atoms with E-state index in [0.29, 0.717) is 26.2 Å². The van der Waals surface area contributed by atoms with Gasteiger partial charge in [-0.25, -0.2) is 0 Å². The first-order valence-corrected chi connectivity index (χ1v) is 9.38. The highest BCUT2D eigenvalue weighted by Gasteiger charge is 2.00. The Morgan fingerprint density at radius 1 is 0.800 bits per heavy atom. The van der Waals surface area contributed by atoms with Crippen molar-refractivity contribution in [3.05, 3.63) is 0 Å². The Bertz CT molecular complexity index is 242. The van der Waals surface area contributed by atoms with Crippen LogP contribution in [0.5, 0.6) is 0 Å². The molecule has 0 atom stereocenters. The van der Waals surface area contributed by atoms with Gasteiger partial charge in [0.15, 0.2) is 0 Å². The van der Waals surface area contributed by atoms with Crippen LogP contribution in [0.2, 0.25) is 0 Å². The standard InChI is InChI=1S/C12H26N4O2S2/c1-3-13-9-11(17)15-5-7-19-20-8-6-16-12(18)10-14-4-2/h13-14H,3-10H2,1-2H3,(H,15,17)(H,16,18). The van der Waals surface area contributed by atoms with Crippen LogP contribution < -0.4 is 21.3 Å². The van der Waals surface area contributed by atoms with Gasteiger partial charge < -0.3 is 21.3 Å². The van der Waals surface area contributed by atoms with Crippen LogP contribution >= 0.6 is 21.6 Å². The summed E-state index contributed by atoms with van der Waals surface area (Å²) in [5.41, 5.74) is 0. The summed E-state index contributed by atoms with van der Waals surface area (Å²) in [4.78, 5) is 22.5. The molecule has 0 aliphatic rings. The monoisotopic (exact) mass is 322 g/mol. The van der Waals surface area contributed by atoms with Crippen molar-refractivity contribution in [1.82, 2.24) is 21.3 Å². The molecule has 8 heteroatoms. The minimum Gasteiger partial charge on any atom is -0.354 e. The third kappa shape index (κ3) is 14.0. The molecule has 118 valence electrons. The number of rotatable bonds is 13. The van der Waals surface area contributed by atoms with Crippen LogP contribution in [0.3, 0.4) is 0 Å². The average molecular weight is 323 g/mol. The summed E-state index contributed by atoms with van der Waals surface area (Å²) < 4.78 is 0. The summed E-state index contributed by atoms with van der Waals surface area (Å²) in [6, 6.07) is 0. The molecule has 0 rings (SSSR count). The Morgan fingerprint density at radius 2 is 1.20 bits per heavy atom. The van der Waals surface area contributed by atoms with Gasteiger partial charge in [0.2, 0.25) is 11.8 Å². The van der Waals surface area contributed by atoms with Crippen molar-refractivity contribution in [3.63, 3.8) is 0 Å². The van der Waals surface area contributed by atoms with E-state index >= 15 is 0 Å². The largest absolute Gasteiger partial charge is 0.354 e. The van der Waals surface area contributed by atoms with Crippen LogP contribution in [-0.4, -0.2) is 62.6 Å². The Labute approximate surface area is 129 Å². The highest BCUT2D eigenvalue weighted by atomic mass is 33.1. The number of likely N-dealkylation sites (N-methyl/N-ethyl adjacent to an activating group) is 2. The van der Waals surface area contributed by atoms with E-state index in [9.17, 15) is 9.59 Å². The molecular weight excluding hydrogens is 296 g/mol. The van der Waals surface area contributed by atoms with Crippen LogP contribution in [-0.2, 0) is 9.59 Å². The van der Waals surface area contributed by atoms with E-state index in [1.165, 1.54) is 0 Å². The Hall–Kier alpha value is -0.440. The predicted molar refractivity (Wildman–Crippen MR) is 88.0 cm³/mol. The highest BCUT2D eigenvalue weighted by Crippen LogP contribution is 2.19. The first-order chi connectivity index (χ1) is 9.70. The van der Waals surface area contributed by atoms with E-state index in [0.717, 1.165) is 24.6 Å². The number of nitrogens with one attached hydrogen (secondary N) is 4. The highest BCUT2D eigenvalue weighted by molar-refractivity contribution is 8.76. The quantitative estimate of drug-likeness (QED) is 0.278. The number of hydrogen-bond donors (Lipinski definition) is 4. The van der Waals surface area contributed by atoms with Gasteiger partial charge in [0.1, 0.15) is 0 Å². The van der Waals surface area contributed by atoms with Gasteiger partial charge >= 0.3 is 0 Å². The number of carbonyl (C=O) groups is 2. The molecule has 0 unspecified atom stereocenters. The molecule has 0 aromatic carbocycles. The zero-order chi connectivity index (χ0) is 15.1. The van der Waals surface area contributed by atoms with Gasteiger partial charge in [-0.3, -0.25) is 9.59 Å². The molecule has 0 aromatic rings. The normalized spacial score (nSPS) is 10.3. The Kier molecular flexibility index (Phi) is 14.6. The molecule has 6 nitrogen and oxygen atoms in total. The first-order valence-electron chi connectivity index (χ1n) is 6.89. The zero-order valence-corrected chi connectivity index (χ0v) is 13.9. The van der Waals surface area contributed by atoms with Gasteiger partial charge in [0, 0.05) is 24.6 Å². The summed E-state index contributed by atoms with van der Waals surface area (Å²) in [6.45, 7) is 7.66. The average Bonchev–Trinajstić information content (AvgIpc) is 2.45. The first kappa shape index (κ1) is 19.6. The Balaban J connectivity index is 3.20. The van der Waals surface area contributed by atoms with Crippen LogP contribution in [0.15, 0.2) is 0 Å². The van der Waals surface area contributed by atoms with E-state index in [4.69, 9.17) is 0 Å². The zero-order valence-electron chi connectivity index (χ0n) is 12.3. The fourth-order valence-electron chi connectivity index (χ4n) is 1.18. The topological polar surface area (TPSA) is 82.3 Å². The molecule has 0 bridgehead atoms. The lowest BCUT2D eigenvalue weighted by molar-refractivity contribution is -0.120.